The van der Waals surface area contributed by atoms with E-state index in [0.717, 1.165) is 12.8 Å². The molecule has 6 rings (SSSR count). The molecule has 0 bridgehead atoms. The van der Waals surface area contributed by atoms with E-state index in [9.17, 15) is 10.2 Å². The van der Waals surface area contributed by atoms with E-state index in [2.05, 4.69) is 163 Å². The molecule has 0 saturated heterocycles. The Hall–Kier alpha value is -2.85. The fourth-order valence-electron chi connectivity index (χ4n) is 9.45. The van der Waals surface area contributed by atoms with Gasteiger partial charge in [0.05, 0.1) is 12.2 Å². The molecule has 4 nitrogen and oxygen atoms in total. The maximum absolute atomic E-state index is 10.8. The average Bonchev–Trinajstić information content (AvgIpc) is 3.10. The lowest BCUT2D eigenvalue weighted by Gasteiger charge is -2.50. The highest BCUT2D eigenvalue weighted by molar-refractivity contribution is 7.00. The van der Waals surface area contributed by atoms with Crippen LogP contribution in [0.15, 0.2) is 121 Å². The third kappa shape index (κ3) is 7.12. The molecule has 6 atom stereocenters. The SMILES string of the molecule is CC(C)(C)[Si](OC[C@H]1C[C@@H]2C[C@@H](O)[C@H](O)C[C@@H]2C[C@@H]1CO[Si](c1ccccc1)(c1ccccc1)C(C)(C)C)(c1ccccc1)c1ccccc1. The molecule has 0 unspecified atom stereocenters. The minimum Gasteiger partial charge on any atom is -0.407 e. The molecular formula is C44H58O4Si2. The molecule has 0 aliphatic heterocycles. The van der Waals surface area contributed by atoms with Crippen molar-refractivity contribution in [3.8, 4) is 0 Å². The first-order valence-corrected chi connectivity index (χ1v) is 22.5. The summed E-state index contributed by atoms with van der Waals surface area (Å²) in [5, 5.41) is 26.5. The van der Waals surface area contributed by atoms with E-state index >= 15 is 0 Å². The molecule has 0 heterocycles. The first kappa shape index (κ1) is 36.9. The molecule has 266 valence electrons. The van der Waals surface area contributed by atoms with Crippen molar-refractivity contribution in [3.63, 3.8) is 0 Å². The van der Waals surface area contributed by atoms with Crippen LogP contribution in [0.1, 0.15) is 67.2 Å². The van der Waals surface area contributed by atoms with Crippen LogP contribution in [0.4, 0.5) is 0 Å². The molecule has 2 fully saturated rings. The first-order valence-electron chi connectivity index (χ1n) is 18.7. The second-order valence-corrected chi connectivity index (χ2v) is 25.7. The summed E-state index contributed by atoms with van der Waals surface area (Å²) >= 11 is 0. The molecule has 0 radical (unpaired) electrons. The molecule has 2 aliphatic carbocycles. The highest BCUT2D eigenvalue weighted by atomic mass is 28.4. The molecule has 2 saturated carbocycles. The summed E-state index contributed by atoms with van der Waals surface area (Å²) in [5.41, 5.74) is 0. The van der Waals surface area contributed by atoms with Gasteiger partial charge in [0.1, 0.15) is 0 Å². The van der Waals surface area contributed by atoms with Gasteiger partial charge in [0.15, 0.2) is 0 Å². The second-order valence-electron chi connectivity index (χ2n) is 17.1. The molecule has 0 spiro atoms. The van der Waals surface area contributed by atoms with Crippen molar-refractivity contribution in [3.05, 3.63) is 121 Å². The Labute approximate surface area is 303 Å². The maximum Gasteiger partial charge on any atom is 0.261 e. The van der Waals surface area contributed by atoms with Gasteiger partial charge in [0, 0.05) is 13.2 Å². The molecule has 4 aromatic carbocycles. The Morgan fingerprint density at radius 2 is 0.720 bits per heavy atom. The quantitative estimate of drug-likeness (QED) is 0.176. The summed E-state index contributed by atoms with van der Waals surface area (Å²) in [6.07, 6.45) is 1.95. The molecule has 2 aliphatic rings. The monoisotopic (exact) mass is 706 g/mol. The first-order chi connectivity index (χ1) is 23.9. The number of rotatable bonds is 10. The minimum atomic E-state index is -2.75. The standard InChI is InChI=1S/C44H58O4Si2/c1-43(2,3)49(37-19-11-7-12-20-37,38-21-13-8-14-22-38)47-31-35-27-33-29-41(45)42(46)30-34(33)28-36(35)32-48-50(44(4,5)6,39-23-15-9-16-24-39)40-25-17-10-18-26-40/h7-26,33-36,41-42,45-46H,27-32H2,1-6H3/t33-,34+,35-,36-,41-,42-/m1/s1. The summed E-state index contributed by atoms with van der Waals surface area (Å²) in [4.78, 5) is 0. The van der Waals surface area contributed by atoms with Crippen LogP contribution in [0.3, 0.4) is 0 Å². The van der Waals surface area contributed by atoms with Crippen LogP contribution < -0.4 is 20.7 Å². The lowest BCUT2D eigenvalue weighted by Crippen LogP contribution is -2.67. The summed E-state index contributed by atoms with van der Waals surface area (Å²) < 4.78 is 15.2. The van der Waals surface area contributed by atoms with Crippen LogP contribution in [0.25, 0.3) is 0 Å². The molecule has 4 aromatic rings. The van der Waals surface area contributed by atoms with Crippen LogP contribution >= 0.6 is 0 Å². The zero-order valence-electron chi connectivity index (χ0n) is 31.0. The number of hydrogen-bond acceptors (Lipinski definition) is 4. The molecule has 0 amide bonds. The van der Waals surface area contributed by atoms with E-state index in [-0.39, 0.29) is 21.9 Å². The van der Waals surface area contributed by atoms with E-state index in [1.165, 1.54) is 20.7 Å². The number of benzene rings is 4. The highest BCUT2D eigenvalue weighted by Gasteiger charge is 2.53. The predicted molar refractivity (Wildman–Crippen MR) is 212 cm³/mol. The van der Waals surface area contributed by atoms with Crippen LogP contribution in [-0.2, 0) is 8.85 Å². The van der Waals surface area contributed by atoms with Crippen molar-refractivity contribution in [1.82, 2.24) is 0 Å². The third-order valence-electron chi connectivity index (χ3n) is 11.9. The van der Waals surface area contributed by atoms with Gasteiger partial charge in [-0.2, -0.15) is 0 Å². The number of fused-ring (bicyclic) bond motifs is 1. The van der Waals surface area contributed by atoms with Gasteiger partial charge < -0.3 is 19.1 Å². The van der Waals surface area contributed by atoms with Gasteiger partial charge in [-0.25, -0.2) is 0 Å². The Morgan fingerprint density at radius 3 is 0.960 bits per heavy atom. The van der Waals surface area contributed by atoms with Crippen molar-refractivity contribution in [1.29, 1.82) is 0 Å². The number of aliphatic hydroxyl groups excluding tert-OH is 2. The van der Waals surface area contributed by atoms with E-state index in [1.807, 2.05) is 0 Å². The molecule has 50 heavy (non-hydrogen) atoms. The van der Waals surface area contributed by atoms with Gasteiger partial charge in [-0.3, -0.25) is 0 Å². The molecule has 6 heteroatoms. The smallest absolute Gasteiger partial charge is 0.261 e. The van der Waals surface area contributed by atoms with Gasteiger partial charge in [0.25, 0.3) is 16.6 Å². The van der Waals surface area contributed by atoms with Crippen molar-refractivity contribution in [2.75, 3.05) is 13.2 Å². The second kappa shape index (κ2) is 15.0. The zero-order valence-corrected chi connectivity index (χ0v) is 33.0. The minimum absolute atomic E-state index is 0.112. The summed E-state index contributed by atoms with van der Waals surface area (Å²) in [6, 6.07) is 43.7. The van der Waals surface area contributed by atoms with Gasteiger partial charge in [-0.15, -0.1) is 0 Å². The normalized spacial score (nSPS) is 24.8. The largest absolute Gasteiger partial charge is 0.407 e. The van der Waals surface area contributed by atoms with Crippen LogP contribution in [-0.4, -0.2) is 52.3 Å². The van der Waals surface area contributed by atoms with E-state index in [4.69, 9.17) is 8.85 Å². The molecular weight excluding hydrogens is 649 g/mol. The van der Waals surface area contributed by atoms with Crippen LogP contribution in [0.2, 0.25) is 10.1 Å². The fourth-order valence-corrected chi connectivity index (χ4v) is 18.7. The highest BCUT2D eigenvalue weighted by Crippen LogP contribution is 2.48. The van der Waals surface area contributed by atoms with Gasteiger partial charge in [0.2, 0.25) is 0 Å². The zero-order chi connectivity index (χ0) is 35.6. The summed E-state index contributed by atoms with van der Waals surface area (Å²) in [5.74, 6) is 1.26. The lowest BCUT2D eigenvalue weighted by molar-refractivity contribution is -0.0787. The number of hydrogen-bond donors (Lipinski definition) is 2. The third-order valence-corrected chi connectivity index (χ3v) is 21.9. The van der Waals surface area contributed by atoms with E-state index in [1.54, 1.807) is 0 Å². The van der Waals surface area contributed by atoms with E-state index < -0.39 is 28.8 Å². The summed E-state index contributed by atoms with van der Waals surface area (Å²) in [7, 11) is -5.49. The molecule has 2 N–H and O–H groups in total. The van der Waals surface area contributed by atoms with Crippen molar-refractivity contribution in [2.24, 2.45) is 23.7 Å². The van der Waals surface area contributed by atoms with Gasteiger partial charge in [-0.05, 0) is 80.2 Å². The Bertz CT molecular complexity index is 1430. The van der Waals surface area contributed by atoms with Gasteiger partial charge >= 0.3 is 0 Å². The van der Waals surface area contributed by atoms with Crippen molar-refractivity contribution in [2.45, 2.75) is 89.5 Å². The Kier molecular flexibility index (Phi) is 11.1. The predicted octanol–water partition coefficient (Wildman–Crippen LogP) is 6.91. The topological polar surface area (TPSA) is 58.9 Å². The van der Waals surface area contributed by atoms with Crippen LogP contribution in [0.5, 0.6) is 0 Å². The van der Waals surface area contributed by atoms with Crippen LogP contribution in [0, 0.1) is 23.7 Å². The number of aliphatic hydroxyl groups is 2. The Balaban J connectivity index is 1.39. The van der Waals surface area contributed by atoms with Crippen molar-refractivity contribution >= 4 is 37.4 Å². The molecule has 0 aromatic heterocycles. The average molecular weight is 707 g/mol. The summed E-state index contributed by atoms with van der Waals surface area (Å²) in [6.45, 7) is 15.4. The maximum atomic E-state index is 10.8. The van der Waals surface area contributed by atoms with Gasteiger partial charge in [-0.1, -0.05) is 163 Å². The van der Waals surface area contributed by atoms with E-state index in [0.29, 0.717) is 37.9 Å². The lowest BCUT2D eigenvalue weighted by atomic mass is 9.62. The fraction of sp³-hybridized carbons (Fsp3) is 0.455. The Morgan fingerprint density at radius 1 is 0.460 bits per heavy atom. The van der Waals surface area contributed by atoms with Crippen molar-refractivity contribution < 1.29 is 19.1 Å².